The van der Waals surface area contributed by atoms with Gasteiger partial charge in [0, 0.05) is 4.88 Å². The molecule has 0 amide bonds. The Morgan fingerprint density at radius 3 is 2.60 bits per heavy atom. The molecule has 1 heterocycles. The first-order valence-corrected chi connectivity index (χ1v) is 7.93. The van der Waals surface area contributed by atoms with Gasteiger partial charge in [0.05, 0.1) is 17.7 Å². The molecule has 1 aromatic carbocycles. The highest BCUT2D eigenvalue weighted by Gasteiger charge is 2.16. The minimum Gasteiger partial charge on any atom is -0.494 e. The molecule has 0 aliphatic heterocycles. The number of thiophene rings is 1. The van der Waals surface area contributed by atoms with Crippen LogP contribution in [0, 0.1) is 0 Å². The predicted octanol–water partition coefficient (Wildman–Crippen LogP) is 4.13. The van der Waals surface area contributed by atoms with Gasteiger partial charge in [-0.15, -0.1) is 11.3 Å². The quantitative estimate of drug-likeness (QED) is 0.459. The van der Waals surface area contributed by atoms with E-state index in [1.165, 1.54) is 0 Å². The third kappa shape index (κ3) is 3.73. The lowest BCUT2D eigenvalue weighted by molar-refractivity contribution is 0.309. The number of hydrogen-bond donors (Lipinski definition) is 2. The van der Waals surface area contributed by atoms with Gasteiger partial charge >= 0.3 is 0 Å². The molecule has 0 radical (unpaired) electrons. The number of halogens is 1. The Balaban J connectivity index is 2.10. The molecule has 1 atom stereocenters. The first kappa shape index (κ1) is 15.3. The van der Waals surface area contributed by atoms with E-state index in [-0.39, 0.29) is 6.04 Å². The van der Waals surface area contributed by atoms with Gasteiger partial charge in [-0.1, -0.05) is 37.1 Å². The number of benzene rings is 1. The van der Waals surface area contributed by atoms with Crippen molar-refractivity contribution in [2.24, 2.45) is 5.84 Å². The zero-order valence-corrected chi connectivity index (χ0v) is 13.0. The van der Waals surface area contributed by atoms with Gasteiger partial charge in [-0.05, 0) is 35.6 Å². The Labute approximate surface area is 128 Å². The Hall–Kier alpha value is -1.07. The standard InChI is InChI=1S/C15H19ClN2OS/c1-2-3-9-19-12-6-4-11(5-7-12)14(18-17)15-13(16)8-10-20-15/h4-8,10,14,18H,2-3,9,17H2,1H3. The van der Waals surface area contributed by atoms with Crippen molar-refractivity contribution in [3.8, 4) is 5.75 Å². The molecule has 0 spiro atoms. The molecule has 2 rings (SSSR count). The molecular weight excluding hydrogens is 292 g/mol. The highest BCUT2D eigenvalue weighted by molar-refractivity contribution is 7.10. The van der Waals surface area contributed by atoms with Crippen LogP contribution in [-0.2, 0) is 0 Å². The van der Waals surface area contributed by atoms with Crippen molar-refractivity contribution >= 4 is 22.9 Å². The number of hydrogen-bond acceptors (Lipinski definition) is 4. The van der Waals surface area contributed by atoms with Crippen LogP contribution in [-0.4, -0.2) is 6.61 Å². The average molecular weight is 311 g/mol. The van der Waals surface area contributed by atoms with Gasteiger partial charge in [0.1, 0.15) is 5.75 Å². The van der Waals surface area contributed by atoms with Crippen molar-refractivity contribution in [2.75, 3.05) is 6.61 Å². The van der Waals surface area contributed by atoms with Crippen molar-refractivity contribution in [3.63, 3.8) is 0 Å². The average Bonchev–Trinajstić information content (AvgIpc) is 2.88. The van der Waals surface area contributed by atoms with Crippen LogP contribution < -0.4 is 16.0 Å². The van der Waals surface area contributed by atoms with E-state index in [1.807, 2.05) is 35.7 Å². The molecule has 5 heteroatoms. The fourth-order valence-electron chi connectivity index (χ4n) is 1.93. The lowest BCUT2D eigenvalue weighted by atomic mass is 10.1. The summed E-state index contributed by atoms with van der Waals surface area (Å²) >= 11 is 7.76. The molecule has 0 saturated heterocycles. The molecule has 3 nitrogen and oxygen atoms in total. The largest absolute Gasteiger partial charge is 0.494 e. The van der Waals surface area contributed by atoms with Gasteiger partial charge in [0.25, 0.3) is 0 Å². The highest BCUT2D eigenvalue weighted by Crippen LogP contribution is 2.32. The minimum atomic E-state index is -0.0906. The van der Waals surface area contributed by atoms with E-state index < -0.39 is 0 Å². The monoisotopic (exact) mass is 310 g/mol. The van der Waals surface area contributed by atoms with Gasteiger partial charge in [0.2, 0.25) is 0 Å². The van der Waals surface area contributed by atoms with E-state index >= 15 is 0 Å². The van der Waals surface area contributed by atoms with Crippen molar-refractivity contribution in [2.45, 2.75) is 25.8 Å². The molecule has 108 valence electrons. The molecule has 0 fully saturated rings. The van der Waals surface area contributed by atoms with Crippen LogP contribution in [0.3, 0.4) is 0 Å². The first-order valence-electron chi connectivity index (χ1n) is 6.68. The second-order valence-corrected chi connectivity index (χ2v) is 5.86. The Morgan fingerprint density at radius 1 is 1.30 bits per heavy atom. The molecule has 2 aromatic rings. The molecule has 0 aliphatic carbocycles. The van der Waals surface area contributed by atoms with Crippen LogP contribution >= 0.6 is 22.9 Å². The van der Waals surface area contributed by atoms with Crippen molar-refractivity contribution in [3.05, 3.63) is 51.2 Å². The number of rotatable bonds is 7. The molecule has 0 saturated carbocycles. The molecule has 1 aromatic heterocycles. The summed E-state index contributed by atoms with van der Waals surface area (Å²) in [6.07, 6.45) is 2.20. The van der Waals surface area contributed by atoms with Gasteiger partial charge in [0.15, 0.2) is 0 Å². The number of unbranched alkanes of at least 4 members (excludes halogenated alkanes) is 1. The number of ether oxygens (including phenoxy) is 1. The summed E-state index contributed by atoms with van der Waals surface area (Å²) in [5.41, 5.74) is 3.89. The summed E-state index contributed by atoms with van der Waals surface area (Å²) in [7, 11) is 0. The van der Waals surface area contributed by atoms with Crippen molar-refractivity contribution in [1.29, 1.82) is 0 Å². The topological polar surface area (TPSA) is 47.3 Å². The maximum Gasteiger partial charge on any atom is 0.119 e. The van der Waals surface area contributed by atoms with Crippen LogP contribution in [0.4, 0.5) is 0 Å². The fourth-order valence-corrected chi connectivity index (χ4v) is 3.18. The second-order valence-electron chi connectivity index (χ2n) is 4.50. The number of nitrogens with one attached hydrogen (secondary N) is 1. The van der Waals surface area contributed by atoms with E-state index in [0.29, 0.717) is 0 Å². The maximum absolute atomic E-state index is 6.17. The summed E-state index contributed by atoms with van der Waals surface area (Å²) in [5, 5.41) is 2.70. The van der Waals surface area contributed by atoms with Crippen LogP contribution in [0.1, 0.15) is 36.2 Å². The lowest BCUT2D eigenvalue weighted by Crippen LogP contribution is -2.28. The van der Waals surface area contributed by atoms with E-state index in [4.69, 9.17) is 22.2 Å². The van der Waals surface area contributed by atoms with Gasteiger partial charge in [-0.25, -0.2) is 5.43 Å². The van der Waals surface area contributed by atoms with Crippen molar-refractivity contribution in [1.82, 2.24) is 5.43 Å². The third-order valence-electron chi connectivity index (χ3n) is 3.05. The molecule has 0 bridgehead atoms. The van der Waals surface area contributed by atoms with E-state index in [2.05, 4.69) is 12.3 Å². The zero-order chi connectivity index (χ0) is 14.4. The van der Waals surface area contributed by atoms with Crippen LogP contribution in [0.5, 0.6) is 5.75 Å². The van der Waals surface area contributed by atoms with Gasteiger partial charge in [-0.2, -0.15) is 0 Å². The molecule has 1 unspecified atom stereocenters. The first-order chi connectivity index (χ1) is 9.76. The van der Waals surface area contributed by atoms with Crippen LogP contribution in [0.15, 0.2) is 35.7 Å². The van der Waals surface area contributed by atoms with Crippen molar-refractivity contribution < 1.29 is 4.74 Å². The van der Waals surface area contributed by atoms with Gasteiger partial charge < -0.3 is 4.74 Å². The molecule has 3 N–H and O–H groups in total. The Bertz CT molecular complexity index is 527. The van der Waals surface area contributed by atoms with Gasteiger partial charge in [-0.3, -0.25) is 5.84 Å². The Kier molecular flexibility index (Phi) is 5.86. The molecule has 20 heavy (non-hydrogen) atoms. The van der Waals surface area contributed by atoms with E-state index in [0.717, 1.165) is 40.7 Å². The van der Waals surface area contributed by atoms with E-state index in [1.54, 1.807) is 11.3 Å². The predicted molar refractivity (Wildman–Crippen MR) is 85.3 cm³/mol. The highest BCUT2D eigenvalue weighted by atomic mass is 35.5. The van der Waals surface area contributed by atoms with Crippen LogP contribution in [0.2, 0.25) is 5.02 Å². The van der Waals surface area contributed by atoms with E-state index in [9.17, 15) is 0 Å². The summed E-state index contributed by atoms with van der Waals surface area (Å²) < 4.78 is 5.65. The maximum atomic E-state index is 6.17. The second kappa shape index (κ2) is 7.64. The molecular formula is C15H19ClN2OS. The Morgan fingerprint density at radius 2 is 2.05 bits per heavy atom. The summed E-state index contributed by atoms with van der Waals surface area (Å²) in [5.74, 6) is 6.55. The normalized spacial score (nSPS) is 12.3. The third-order valence-corrected chi connectivity index (χ3v) is 4.48. The summed E-state index contributed by atoms with van der Waals surface area (Å²) in [6, 6.07) is 9.76. The SMILES string of the molecule is CCCCOc1ccc(C(NN)c2sccc2Cl)cc1. The molecule has 0 aliphatic rings. The number of nitrogens with two attached hydrogens (primary N) is 1. The fraction of sp³-hybridized carbons (Fsp3) is 0.333. The summed E-state index contributed by atoms with van der Waals surface area (Å²) in [4.78, 5) is 1.02. The smallest absolute Gasteiger partial charge is 0.119 e. The minimum absolute atomic E-state index is 0.0906. The van der Waals surface area contributed by atoms with Crippen LogP contribution in [0.25, 0.3) is 0 Å². The summed E-state index contributed by atoms with van der Waals surface area (Å²) in [6.45, 7) is 2.90. The zero-order valence-electron chi connectivity index (χ0n) is 11.4. The lowest BCUT2D eigenvalue weighted by Gasteiger charge is -2.16. The number of hydrazine groups is 1.